The minimum absolute atomic E-state index is 0.0459. The number of amides is 2. The van der Waals surface area contributed by atoms with Crippen LogP contribution in [0, 0.1) is 5.82 Å². The minimum atomic E-state index is -1.23. The molecule has 1 aliphatic rings. The number of carbonyl (C=O) groups is 2. The summed E-state index contributed by atoms with van der Waals surface area (Å²) in [6.45, 7) is 0.318. The Morgan fingerprint density at radius 3 is 2.52 bits per heavy atom. The van der Waals surface area contributed by atoms with Crippen LogP contribution >= 0.6 is 0 Å². The van der Waals surface area contributed by atoms with Gasteiger partial charge in [-0.1, -0.05) is 0 Å². The zero-order valence-corrected chi connectivity index (χ0v) is 14.5. The Hall–Kier alpha value is -3.14. The van der Waals surface area contributed by atoms with Gasteiger partial charge in [0, 0.05) is 18.7 Å². The third-order valence-corrected chi connectivity index (χ3v) is 4.73. The Morgan fingerprint density at radius 1 is 1.33 bits per heavy atom. The van der Waals surface area contributed by atoms with E-state index in [-0.39, 0.29) is 38.3 Å². The molecule has 1 saturated heterocycles. The Bertz CT molecular complexity index is 830. The van der Waals surface area contributed by atoms with E-state index in [9.17, 15) is 19.1 Å². The highest BCUT2D eigenvalue weighted by molar-refractivity contribution is 5.75. The van der Waals surface area contributed by atoms with Crippen molar-refractivity contribution in [3.8, 4) is 11.4 Å². The van der Waals surface area contributed by atoms with Gasteiger partial charge in [-0.3, -0.25) is 9.69 Å². The Kier molecular flexibility index (Phi) is 5.00. The van der Waals surface area contributed by atoms with Gasteiger partial charge in [0.05, 0.1) is 18.3 Å². The summed E-state index contributed by atoms with van der Waals surface area (Å²) in [5.41, 5.74) is -0.655. The Morgan fingerprint density at radius 2 is 1.96 bits per heavy atom. The molecule has 9 nitrogen and oxygen atoms in total. The normalized spacial score (nSPS) is 16.1. The fraction of sp³-hybridized carbons (Fsp3) is 0.353. The average Bonchev–Trinajstić information content (AvgIpc) is 3.02. The second-order valence-electron chi connectivity index (χ2n) is 6.54. The summed E-state index contributed by atoms with van der Waals surface area (Å²) in [5.74, 6) is 6.26. The number of nitrogens with zero attached hydrogens (tertiary/aromatic N) is 4. The molecule has 2 heterocycles. The fourth-order valence-electron chi connectivity index (χ4n) is 3.14. The van der Waals surface area contributed by atoms with Crippen molar-refractivity contribution in [2.24, 2.45) is 0 Å². The van der Waals surface area contributed by atoms with Crippen LogP contribution in [0.2, 0.25) is 0 Å². The van der Waals surface area contributed by atoms with Crippen LogP contribution in [-0.4, -0.2) is 62.5 Å². The van der Waals surface area contributed by atoms with Gasteiger partial charge >= 0.3 is 6.09 Å². The highest BCUT2D eigenvalue weighted by atomic mass is 19.1. The first-order valence-corrected chi connectivity index (χ1v) is 8.34. The van der Waals surface area contributed by atoms with E-state index < -0.39 is 17.5 Å². The molecule has 0 radical (unpaired) electrons. The van der Waals surface area contributed by atoms with Crippen LogP contribution in [0.3, 0.4) is 0 Å². The van der Waals surface area contributed by atoms with E-state index in [1.807, 2.05) is 0 Å². The highest BCUT2D eigenvalue weighted by Crippen LogP contribution is 2.27. The molecule has 144 valence electrons. The van der Waals surface area contributed by atoms with Crippen molar-refractivity contribution < 1.29 is 24.2 Å². The van der Waals surface area contributed by atoms with Gasteiger partial charge in [0.25, 0.3) is 0 Å². The maximum Gasteiger partial charge on any atom is 0.407 e. The standard InChI is InChI=1S/C17H20FN5O4/c18-13-3-1-12(2-4-13)15-20-9-14(23(15)19)22(11-24)10-17(27)5-7-21(8-6-17)16(25)26/h1-4,9,11,27H,5-8,10,19H2,(H,25,26). The summed E-state index contributed by atoms with van der Waals surface area (Å²) >= 11 is 0. The number of carbonyl (C=O) groups excluding carboxylic acids is 1. The molecule has 0 bridgehead atoms. The SMILES string of the molecule is Nn1c(N(C=O)CC2(O)CCN(C(=O)O)CC2)cnc1-c1ccc(F)cc1. The van der Waals surface area contributed by atoms with Gasteiger partial charge in [0.2, 0.25) is 6.41 Å². The molecule has 0 atom stereocenters. The summed E-state index contributed by atoms with van der Waals surface area (Å²) in [6, 6.07) is 5.59. The molecule has 2 amide bonds. The maximum absolute atomic E-state index is 13.1. The van der Waals surface area contributed by atoms with E-state index in [2.05, 4.69) is 4.98 Å². The number of hydrogen-bond acceptors (Lipinski definition) is 5. The number of aliphatic hydroxyl groups is 1. The van der Waals surface area contributed by atoms with Crippen molar-refractivity contribution in [1.29, 1.82) is 0 Å². The predicted octanol–water partition coefficient (Wildman–Crippen LogP) is 0.871. The van der Waals surface area contributed by atoms with Gasteiger partial charge < -0.3 is 21.0 Å². The lowest BCUT2D eigenvalue weighted by molar-refractivity contribution is -0.108. The van der Waals surface area contributed by atoms with Gasteiger partial charge in [0.1, 0.15) is 5.82 Å². The van der Waals surface area contributed by atoms with Crippen LogP contribution in [0.1, 0.15) is 12.8 Å². The number of likely N-dealkylation sites (tertiary alicyclic amines) is 1. The second kappa shape index (κ2) is 7.23. The molecular weight excluding hydrogens is 357 g/mol. The molecule has 0 aliphatic carbocycles. The third kappa shape index (κ3) is 3.85. The van der Waals surface area contributed by atoms with Crippen molar-refractivity contribution in [1.82, 2.24) is 14.6 Å². The number of piperidine rings is 1. The molecule has 1 aliphatic heterocycles. The Labute approximate surface area is 154 Å². The zero-order valence-electron chi connectivity index (χ0n) is 14.5. The van der Waals surface area contributed by atoms with Gasteiger partial charge in [-0.25, -0.2) is 18.8 Å². The molecule has 1 fully saturated rings. The number of hydrogen-bond donors (Lipinski definition) is 3. The first kappa shape index (κ1) is 18.6. The lowest BCUT2D eigenvalue weighted by Gasteiger charge is -2.38. The van der Waals surface area contributed by atoms with Crippen LogP contribution in [0.4, 0.5) is 15.0 Å². The molecule has 1 aromatic carbocycles. The summed E-state index contributed by atoms with van der Waals surface area (Å²) in [6.07, 6.45) is 1.30. The zero-order chi connectivity index (χ0) is 19.6. The monoisotopic (exact) mass is 377 g/mol. The predicted molar refractivity (Wildman–Crippen MR) is 95.0 cm³/mol. The van der Waals surface area contributed by atoms with Crippen LogP contribution < -0.4 is 10.7 Å². The number of nitrogen functional groups attached to an aromatic ring is 1. The van der Waals surface area contributed by atoms with Crippen molar-refractivity contribution in [3.05, 3.63) is 36.3 Å². The van der Waals surface area contributed by atoms with Crippen molar-refractivity contribution in [2.45, 2.75) is 18.4 Å². The van der Waals surface area contributed by atoms with Crippen molar-refractivity contribution in [3.63, 3.8) is 0 Å². The first-order valence-electron chi connectivity index (χ1n) is 8.34. The molecule has 0 saturated carbocycles. The van der Waals surface area contributed by atoms with Crippen LogP contribution in [0.15, 0.2) is 30.5 Å². The van der Waals surface area contributed by atoms with E-state index in [0.717, 1.165) is 0 Å². The number of rotatable bonds is 5. The van der Waals surface area contributed by atoms with Crippen LogP contribution in [-0.2, 0) is 4.79 Å². The molecule has 3 rings (SSSR count). The average molecular weight is 377 g/mol. The largest absolute Gasteiger partial charge is 0.465 e. The van der Waals surface area contributed by atoms with Gasteiger partial charge in [-0.15, -0.1) is 0 Å². The molecular formula is C17H20FN5O4. The van der Waals surface area contributed by atoms with Crippen LogP contribution in [0.25, 0.3) is 11.4 Å². The topological polar surface area (TPSA) is 125 Å². The molecule has 1 aromatic heterocycles. The lowest BCUT2D eigenvalue weighted by atomic mass is 9.91. The van der Waals surface area contributed by atoms with Crippen molar-refractivity contribution >= 4 is 18.3 Å². The maximum atomic E-state index is 13.1. The number of nitrogens with two attached hydrogens (primary N) is 1. The van der Waals surface area contributed by atoms with E-state index >= 15 is 0 Å². The summed E-state index contributed by atoms with van der Waals surface area (Å²) in [7, 11) is 0. The number of benzene rings is 1. The van der Waals surface area contributed by atoms with E-state index in [4.69, 9.17) is 10.9 Å². The molecule has 0 unspecified atom stereocenters. The molecule has 4 N–H and O–H groups in total. The number of anilines is 1. The molecule has 2 aromatic rings. The Balaban J connectivity index is 1.77. The summed E-state index contributed by atoms with van der Waals surface area (Å²) < 4.78 is 14.3. The third-order valence-electron chi connectivity index (χ3n) is 4.73. The highest BCUT2D eigenvalue weighted by Gasteiger charge is 2.36. The lowest BCUT2D eigenvalue weighted by Crippen LogP contribution is -2.52. The number of imidazole rings is 1. The number of halogens is 1. The molecule has 27 heavy (non-hydrogen) atoms. The summed E-state index contributed by atoms with van der Waals surface area (Å²) in [5, 5.41) is 19.8. The van der Waals surface area contributed by atoms with Crippen molar-refractivity contribution in [2.75, 3.05) is 30.4 Å². The first-order chi connectivity index (χ1) is 12.8. The number of carboxylic acid groups (broad SMARTS) is 1. The minimum Gasteiger partial charge on any atom is -0.465 e. The van der Waals surface area contributed by atoms with E-state index in [1.54, 1.807) is 0 Å². The fourth-order valence-corrected chi connectivity index (χ4v) is 3.14. The van der Waals surface area contributed by atoms with E-state index in [0.29, 0.717) is 17.8 Å². The smallest absolute Gasteiger partial charge is 0.407 e. The molecule has 0 spiro atoms. The number of aromatic nitrogens is 2. The molecule has 10 heteroatoms. The summed E-state index contributed by atoms with van der Waals surface area (Å²) in [4.78, 5) is 29.2. The van der Waals surface area contributed by atoms with Gasteiger partial charge in [-0.2, -0.15) is 0 Å². The van der Waals surface area contributed by atoms with Gasteiger partial charge in [0.15, 0.2) is 11.6 Å². The van der Waals surface area contributed by atoms with Gasteiger partial charge in [-0.05, 0) is 37.1 Å². The van der Waals surface area contributed by atoms with Crippen LogP contribution in [0.5, 0.6) is 0 Å². The quantitative estimate of drug-likeness (QED) is 0.525. The van der Waals surface area contributed by atoms with E-state index in [1.165, 1.54) is 44.9 Å². The second-order valence-corrected chi connectivity index (χ2v) is 6.54.